The Hall–Kier alpha value is -2.16. The number of hydrogen-bond donors (Lipinski definition) is 1. The molecule has 2 rings (SSSR count). The van der Waals surface area contributed by atoms with Crippen molar-refractivity contribution in [3.8, 4) is 11.1 Å². The van der Waals surface area contributed by atoms with Gasteiger partial charge in [-0.25, -0.2) is 0 Å². The summed E-state index contributed by atoms with van der Waals surface area (Å²) in [4.78, 5) is 15.5. The number of hydrogen-bond acceptors (Lipinski definition) is 2. The lowest BCUT2D eigenvalue weighted by Gasteiger charge is -2.12. The number of rotatable bonds is 3. The van der Waals surface area contributed by atoms with Gasteiger partial charge in [0.15, 0.2) is 0 Å². The second-order valence-electron chi connectivity index (χ2n) is 4.27. The lowest BCUT2D eigenvalue weighted by atomic mass is 9.93. The van der Waals surface area contributed by atoms with Crippen molar-refractivity contribution < 1.29 is 4.79 Å². The first-order valence-corrected chi connectivity index (χ1v) is 5.97. The van der Waals surface area contributed by atoms with Crippen LogP contribution in [0.1, 0.15) is 28.4 Å². The molecule has 92 valence electrons. The molecule has 0 aliphatic rings. The van der Waals surface area contributed by atoms with Gasteiger partial charge in [-0.3, -0.25) is 9.78 Å². The molecule has 3 nitrogen and oxygen atoms in total. The van der Waals surface area contributed by atoms with E-state index in [0.717, 1.165) is 28.7 Å². The minimum Gasteiger partial charge on any atom is -0.366 e. The minimum atomic E-state index is -0.370. The van der Waals surface area contributed by atoms with Crippen molar-refractivity contribution in [3.05, 3.63) is 53.3 Å². The van der Waals surface area contributed by atoms with Crippen LogP contribution in [0, 0.1) is 6.92 Å². The van der Waals surface area contributed by atoms with Crippen LogP contribution in [0.5, 0.6) is 0 Å². The van der Waals surface area contributed by atoms with Crippen molar-refractivity contribution in [2.24, 2.45) is 5.73 Å². The highest BCUT2D eigenvalue weighted by molar-refractivity contribution is 5.96. The van der Waals surface area contributed by atoms with E-state index in [9.17, 15) is 4.79 Å². The zero-order valence-corrected chi connectivity index (χ0v) is 10.6. The molecule has 0 unspecified atom stereocenters. The Balaban J connectivity index is 2.62. The predicted molar refractivity (Wildman–Crippen MR) is 72.3 cm³/mol. The smallest absolute Gasteiger partial charge is 0.249 e. The van der Waals surface area contributed by atoms with Gasteiger partial charge < -0.3 is 5.73 Å². The maximum Gasteiger partial charge on any atom is 0.249 e. The number of carbonyl (C=O) groups excluding carboxylic acids is 1. The molecule has 0 bridgehead atoms. The summed E-state index contributed by atoms with van der Waals surface area (Å²) >= 11 is 0. The highest BCUT2D eigenvalue weighted by atomic mass is 16.1. The van der Waals surface area contributed by atoms with Crippen molar-refractivity contribution >= 4 is 5.91 Å². The molecule has 1 aromatic heterocycles. The number of pyridine rings is 1. The van der Waals surface area contributed by atoms with Crippen LogP contribution < -0.4 is 5.73 Å². The summed E-state index contributed by atoms with van der Waals surface area (Å²) in [6, 6.07) is 7.79. The zero-order chi connectivity index (χ0) is 13.1. The van der Waals surface area contributed by atoms with Crippen LogP contribution in [-0.2, 0) is 6.42 Å². The number of primary amides is 1. The van der Waals surface area contributed by atoms with E-state index in [-0.39, 0.29) is 5.91 Å². The normalized spacial score (nSPS) is 10.3. The van der Waals surface area contributed by atoms with Crippen LogP contribution in [-0.4, -0.2) is 10.9 Å². The van der Waals surface area contributed by atoms with Crippen molar-refractivity contribution in [2.75, 3.05) is 0 Å². The van der Waals surface area contributed by atoms with E-state index in [4.69, 9.17) is 5.73 Å². The van der Waals surface area contributed by atoms with E-state index in [1.54, 1.807) is 12.4 Å². The molecule has 2 aromatic rings. The molecule has 0 radical (unpaired) electrons. The van der Waals surface area contributed by atoms with E-state index >= 15 is 0 Å². The van der Waals surface area contributed by atoms with Crippen LogP contribution in [0.3, 0.4) is 0 Å². The van der Waals surface area contributed by atoms with Gasteiger partial charge in [0.2, 0.25) is 5.91 Å². The van der Waals surface area contributed by atoms with Crippen molar-refractivity contribution in [2.45, 2.75) is 20.3 Å². The lowest BCUT2D eigenvalue weighted by Crippen LogP contribution is -2.14. The summed E-state index contributed by atoms with van der Waals surface area (Å²) in [5.41, 5.74) is 10.2. The summed E-state index contributed by atoms with van der Waals surface area (Å²) in [6.07, 6.45) is 4.28. The van der Waals surface area contributed by atoms with Gasteiger partial charge in [0.1, 0.15) is 0 Å². The van der Waals surface area contributed by atoms with Gasteiger partial charge in [-0.2, -0.15) is 0 Å². The number of aromatic nitrogens is 1. The molecule has 1 heterocycles. The first kappa shape index (κ1) is 12.3. The van der Waals surface area contributed by atoms with Crippen LogP contribution >= 0.6 is 0 Å². The molecule has 0 saturated carbocycles. The Morgan fingerprint density at radius 3 is 2.44 bits per heavy atom. The molecule has 2 N–H and O–H groups in total. The number of nitrogens with two attached hydrogens (primary N) is 1. The first-order chi connectivity index (χ1) is 8.63. The summed E-state index contributed by atoms with van der Waals surface area (Å²) in [5, 5.41) is 0. The second-order valence-corrected chi connectivity index (χ2v) is 4.27. The topological polar surface area (TPSA) is 56.0 Å². The highest BCUT2D eigenvalue weighted by Crippen LogP contribution is 2.25. The summed E-state index contributed by atoms with van der Waals surface area (Å²) in [6.45, 7) is 4.04. The van der Waals surface area contributed by atoms with E-state index in [1.807, 2.05) is 32.0 Å². The molecule has 0 aliphatic heterocycles. The van der Waals surface area contributed by atoms with Gasteiger partial charge in [-0.05, 0) is 53.8 Å². The minimum absolute atomic E-state index is 0.370. The van der Waals surface area contributed by atoms with E-state index < -0.39 is 0 Å². The molecule has 18 heavy (non-hydrogen) atoms. The fourth-order valence-corrected chi connectivity index (χ4v) is 2.22. The summed E-state index contributed by atoms with van der Waals surface area (Å²) < 4.78 is 0. The lowest BCUT2D eigenvalue weighted by molar-refractivity contribution is 0.0999. The van der Waals surface area contributed by atoms with Crippen LogP contribution in [0.2, 0.25) is 0 Å². The van der Waals surface area contributed by atoms with Crippen molar-refractivity contribution in [3.63, 3.8) is 0 Å². The van der Waals surface area contributed by atoms with Crippen LogP contribution in [0.15, 0.2) is 36.7 Å². The second kappa shape index (κ2) is 5.00. The van der Waals surface area contributed by atoms with Crippen molar-refractivity contribution in [1.82, 2.24) is 4.98 Å². The Kier molecular flexibility index (Phi) is 3.42. The average molecular weight is 240 g/mol. The third kappa shape index (κ3) is 2.25. The fourth-order valence-electron chi connectivity index (χ4n) is 2.22. The highest BCUT2D eigenvalue weighted by Gasteiger charge is 2.12. The van der Waals surface area contributed by atoms with Crippen LogP contribution in [0.4, 0.5) is 0 Å². The Morgan fingerprint density at radius 1 is 1.22 bits per heavy atom. The fraction of sp³-hybridized carbons (Fsp3) is 0.200. The van der Waals surface area contributed by atoms with Gasteiger partial charge in [0.05, 0.1) is 0 Å². The molecule has 0 saturated heterocycles. The molecular formula is C15H16N2O. The maximum atomic E-state index is 11.5. The molecule has 0 atom stereocenters. The van der Waals surface area contributed by atoms with E-state index in [1.165, 1.54) is 0 Å². The molecular weight excluding hydrogens is 224 g/mol. The third-order valence-electron chi connectivity index (χ3n) is 3.11. The Morgan fingerprint density at radius 2 is 1.89 bits per heavy atom. The number of amides is 1. The molecule has 0 spiro atoms. The standard InChI is InChI=1S/C15H16N2O/c1-3-13-10(2)8-12(9-14(13)15(16)18)11-4-6-17-7-5-11/h4-9H,3H2,1-2H3,(H2,16,18). The zero-order valence-electron chi connectivity index (χ0n) is 10.6. The van der Waals surface area contributed by atoms with Gasteiger partial charge in [0, 0.05) is 18.0 Å². The van der Waals surface area contributed by atoms with Gasteiger partial charge in [-0.1, -0.05) is 13.0 Å². The monoisotopic (exact) mass is 240 g/mol. The van der Waals surface area contributed by atoms with Gasteiger partial charge in [0.25, 0.3) is 0 Å². The predicted octanol–water partition coefficient (Wildman–Crippen LogP) is 2.72. The van der Waals surface area contributed by atoms with Crippen LogP contribution in [0.25, 0.3) is 11.1 Å². The average Bonchev–Trinajstić information content (AvgIpc) is 2.38. The molecule has 3 heteroatoms. The number of nitrogens with zero attached hydrogens (tertiary/aromatic N) is 1. The van der Waals surface area contributed by atoms with Gasteiger partial charge >= 0.3 is 0 Å². The van der Waals surface area contributed by atoms with E-state index in [0.29, 0.717) is 5.56 Å². The van der Waals surface area contributed by atoms with Crippen molar-refractivity contribution in [1.29, 1.82) is 0 Å². The molecule has 1 amide bonds. The Labute approximate surface area is 107 Å². The van der Waals surface area contributed by atoms with E-state index in [2.05, 4.69) is 11.1 Å². The molecule has 1 aromatic carbocycles. The number of carbonyl (C=O) groups is 1. The summed E-state index contributed by atoms with van der Waals surface area (Å²) in [5.74, 6) is -0.370. The third-order valence-corrected chi connectivity index (χ3v) is 3.11. The number of aryl methyl sites for hydroxylation is 1. The largest absolute Gasteiger partial charge is 0.366 e. The molecule has 0 fully saturated rings. The van der Waals surface area contributed by atoms with Gasteiger partial charge in [-0.15, -0.1) is 0 Å². The summed E-state index contributed by atoms with van der Waals surface area (Å²) in [7, 11) is 0. The number of benzene rings is 1. The molecule has 0 aliphatic carbocycles. The Bertz CT molecular complexity index is 577. The first-order valence-electron chi connectivity index (χ1n) is 5.97. The maximum absolute atomic E-state index is 11.5. The SMILES string of the molecule is CCc1c(C)cc(-c2ccncc2)cc1C(N)=O. The quantitative estimate of drug-likeness (QED) is 0.896.